The third kappa shape index (κ3) is 1.68. The van der Waals surface area contributed by atoms with Gasteiger partial charge in [-0.2, -0.15) is 4.31 Å². The van der Waals surface area contributed by atoms with Crippen LogP contribution in [0.1, 0.15) is 19.8 Å². The Morgan fingerprint density at radius 3 is 2.38 bits per heavy atom. The van der Waals surface area contributed by atoms with Crippen molar-refractivity contribution in [2.75, 3.05) is 12.8 Å². The molecule has 13 heavy (non-hydrogen) atoms. The van der Waals surface area contributed by atoms with E-state index in [9.17, 15) is 13.2 Å². The summed E-state index contributed by atoms with van der Waals surface area (Å²) in [5, 5.41) is 8.90. The zero-order chi connectivity index (χ0) is 10.3. The highest BCUT2D eigenvalue weighted by molar-refractivity contribution is 7.88. The lowest BCUT2D eigenvalue weighted by molar-refractivity contribution is -0.146. The van der Waals surface area contributed by atoms with Crippen LogP contribution < -0.4 is 0 Å². The topological polar surface area (TPSA) is 74.7 Å². The average molecular weight is 207 g/mol. The molecule has 1 fully saturated rings. The van der Waals surface area contributed by atoms with Gasteiger partial charge in [0, 0.05) is 6.54 Å². The van der Waals surface area contributed by atoms with Gasteiger partial charge in [-0.3, -0.25) is 4.79 Å². The zero-order valence-corrected chi connectivity index (χ0v) is 8.47. The Kier molecular flexibility index (Phi) is 2.38. The van der Waals surface area contributed by atoms with Gasteiger partial charge in [0.05, 0.1) is 6.26 Å². The molecular weight excluding hydrogens is 194 g/mol. The van der Waals surface area contributed by atoms with Crippen LogP contribution in [0, 0.1) is 0 Å². The smallest absolute Gasteiger partial charge is 0.324 e. The summed E-state index contributed by atoms with van der Waals surface area (Å²) in [6.07, 6.45) is 2.03. The molecule has 1 heterocycles. The first-order valence-electron chi connectivity index (χ1n) is 4.00. The molecule has 0 amide bonds. The van der Waals surface area contributed by atoms with Gasteiger partial charge >= 0.3 is 5.97 Å². The predicted octanol–water partition coefficient (Wildman–Crippen LogP) is -0.115. The summed E-state index contributed by atoms with van der Waals surface area (Å²) in [7, 11) is -3.40. The quantitative estimate of drug-likeness (QED) is 0.685. The summed E-state index contributed by atoms with van der Waals surface area (Å²) in [6.45, 7) is 1.75. The number of carboxylic acids is 1. The van der Waals surface area contributed by atoms with Crippen LogP contribution in [0.5, 0.6) is 0 Å². The number of carbonyl (C=O) groups is 1. The Morgan fingerprint density at radius 1 is 1.54 bits per heavy atom. The normalized spacial score (nSPS) is 30.6. The first kappa shape index (κ1) is 10.5. The molecule has 76 valence electrons. The molecule has 0 unspecified atom stereocenters. The van der Waals surface area contributed by atoms with E-state index in [2.05, 4.69) is 0 Å². The highest BCUT2D eigenvalue weighted by atomic mass is 32.2. The Bertz CT molecular complexity index is 323. The minimum atomic E-state index is -3.40. The number of nitrogens with zero attached hydrogens (tertiary/aromatic N) is 1. The van der Waals surface area contributed by atoms with Crippen LogP contribution in [0.4, 0.5) is 0 Å². The van der Waals surface area contributed by atoms with Crippen LogP contribution in [0.15, 0.2) is 0 Å². The molecule has 1 saturated heterocycles. The van der Waals surface area contributed by atoms with Gasteiger partial charge < -0.3 is 5.11 Å². The minimum Gasteiger partial charge on any atom is -0.480 e. The molecule has 1 aliphatic rings. The Morgan fingerprint density at radius 2 is 2.08 bits per heavy atom. The fraction of sp³-hybridized carbons (Fsp3) is 0.857. The number of aliphatic carboxylic acids is 1. The lowest BCUT2D eigenvalue weighted by atomic mass is 10.0. The monoisotopic (exact) mass is 207 g/mol. The molecule has 0 aromatic heterocycles. The van der Waals surface area contributed by atoms with Crippen LogP contribution in [0.25, 0.3) is 0 Å². The zero-order valence-electron chi connectivity index (χ0n) is 7.65. The number of rotatable bonds is 2. The summed E-state index contributed by atoms with van der Waals surface area (Å²) >= 11 is 0. The number of sulfonamides is 1. The van der Waals surface area contributed by atoms with E-state index in [0.717, 1.165) is 10.6 Å². The van der Waals surface area contributed by atoms with E-state index < -0.39 is 21.5 Å². The lowest BCUT2D eigenvalue weighted by Crippen LogP contribution is -2.50. The van der Waals surface area contributed by atoms with Gasteiger partial charge in [0.25, 0.3) is 0 Å². The van der Waals surface area contributed by atoms with Gasteiger partial charge in [-0.1, -0.05) is 0 Å². The molecule has 6 heteroatoms. The van der Waals surface area contributed by atoms with Crippen molar-refractivity contribution in [1.82, 2.24) is 4.31 Å². The van der Waals surface area contributed by atoms with Crippen LogP contribution in [-0.2, 0) is 14.8 Å². The maximum absolute atomic E-state index is 11.2. The molecule has 0 spiro atoms. The van der Waals surface area contributed by atoms with Crippen molar-refractivity contribution in [1.29, 1.82) is 0 Å². The van der Waals surface area contributed by atoms with E-state index in [-0.39, 0.29) is 0 Å². The highest BCUT2D eigenvalue weighted by Crippen LogP contribution is 2.31. The first-order valence-corrected chi connectivity index (χ1v) is 5.84. The molecule has 0 saturated carbocycles. The Hall–Kier alpha value is -0.620. The molecule has 0 aromatic rings. The van der Waals surface area contributed by atoms with E-state index in [1.165, 1.54) is 6.92 Å². The van der Waals surface area contributed by atoms with Crippen molar-refractivity contribution in [3.8, 4) is 0 Å². The first-order chi connectivity index (χ1) is 5.78. The fourth-order valence-corrected chi connectivity index (χ4v) is 3.05. The molecule has 0 radical (unpaired) electrons. The van der Waals surface area contributed by atoms with E-state index in [1.54, 1.807) is 0 Å². The average Bonchev–Trinajstić information content (AvgIpc) is 2.31. The molecule has 1 N–H and O–H groups in total. The summed E-state index contributed by atoms with van der Waals surface area (Å²) in [5.74, 6) is -1.07. The van der Waals surface area contributed by atoms with Crippen molar-refractivity contribution in [2.24, 2.45) is 0 Å². The van der Waals surface area contributed by atoms with Gasteiger partial charge in [-0.25, -0.2) is 8.42 Å². The molecule has 0 aromatic carbocycles. The molecule has 1 atom stereocenters. The third-order valence-electron chi connectivity index (χ3n) is 2.44. The second-order valence-electron chi connectivity index (χ2n) is 3.52. The lowest BCUT2D eigenvalue weighted by Gasteiger charge is -2.28. The molecule has 1 aliphatic heterocycles. The number of hydrogen-bond donors (Lipinski definition) is 1. The van der Waals surface area contributed by atoms with Crippen LogP contribution in [-0.4, -0.2) is 42.1 Å². The van der Waals surface area contributed by atoms with Crippen molar-refractivity contribution in [2.45, 2.75) is 25.3 Å². The number of carboxylic acid groups (broad SMARTS) is 1. The van der Waals surface area contributed by atoms with E-state index in [1.807, 2.05) is 0 Å². The fourth-order valence-electron chi connectivity index (χ4n) is 1.68. The maximum Gasteiger partial charge on any atom is 0.324 e. The van der Waals surface area contributed by atoms with E-state index in [0.29, 0.717) is 19.4 Å². The largest absolute Gasteiger partial charge is 0.480 e. The molecule has 5 nitrogen and oxygen atoms in total. The van der Waals surface area contributed by atoms with Crippen molar-refractivity contribution in [3.05, 3.63) is 0 Å². The molecule has 0 aliphatic carbocycles. The van der Waals surface area contributed by atoms with Crippen LogP contribution in [0.2, 0.25) is 0 Å². The number of hydrogen-bond acceptors (Lipinski definition) is 3. The highest BCUT2D eigenvalue weighted by Gasteiger charge is 2.47. The summed E-state index contributed by atoms with van der Waals surface area (Å²) < 4.78 is 23.5. The van der Waals surface area contributed by atoms with Gasteiger partial charge in [0.2, 0.25) is 10.0 Å². The summed E-state index contributed by atoms with van der Waals surface area (Å²) in [6, 6.07) is 0. The van der Waals surface area contributed by atoms with Crippen LogP contribution in [0.3, 0.4) is 0 Å². The Balaban J connectivity index is 3.07. The second kappa shape index (κ2) is 2.95. The predicted molar refractivity (Wildman–Crippen MR) is 46.8 cm³/mol. The van der Waals surface area contributed by atoms with E-state index >= 15 is 0 Å². The van der Waals surface area contributed by atoms with Gasteiger partial charge in [-0.15, -0.1) is 0 Å². The minimum absolute atomic E-state index is 0.307. The Labute approximate surface area is 77.4 Å². The SMILES string of the molecule is C[C@]1(C(=O)O)CCCN1S(C)(=O)=O. The van der Waals surface area contributed by atoms with Gasteiger partial charge in [0.1, 0.15) is 5.54 Å². The standard InChI is InChI=1S/C7H13NO4S/c1-7(6(9)10)4-3-5-8(7)13(2,11)12/h3-5H2,1-2H3,(H,9,10)/t7-/m1/s1. The molecule has 0 bridgehead atoms. The second-order valence-corrected chi connectivity index (χ2v) is 5.42. The maximum atomic E-state index is 11.2. The van der Waals surface area contributed by atoms with Crippen LogP contribution >= 0.6 is 0 Å². The third-order valence-corrected chi connectivity index (χ3v) is 3.82. The van der Waals surface area contributed by atoms with Crippen molar-refractivity contribution >= 4 is 16.0 Å². The van der Waals surface area contributed by atoms with E-state index in [4.69, 9.17) is 5.11 Å². The van der Waals surface area contributed by atoms with Gasteiger partial charge in [0.15, 0.2) is 0 Å². The van der Waals surface area contributed by atoms with Gasteiger partial charge in [-0.05, 0) is 19.8 Å². The molecular formula is C7H13NO4S. The summed E-state index contributed by atoms with van der Waals surface area (Å²) in [5.41, 5.74) is -1.24. The summed E-state index contributed by atoms with van der Waals surface area (Å²) in [4.78, 5) is 10.9. The molecule has 1 rings (SSSR count). The van der Waals surface area contributed by atoms with Crippen molar-refractivity contribution < 1.29 is 18.3 Å². The van der Waals surface area contributed by atoms with Crippen molar-refractivity contribution in [3.63, 3.8) is 0 Å².